The number of nitrogens with one attached hydrogen (secondary N) is 1. The third-order valence-corrected chi connectivity index (χ3v) is 6.77. The lowest BCUT2D eigenvalue weighted by Gasteiger charge is -2.48. The molecule has 3 aliphatic carbocycles. The minimum absolute atomic E-state index is 0.162. The maximum absolute atomic E-state index is 9.77. The summed E-state index contributed by atoms with van der Waals surface area (Å²) in [4.78, 5) is 0. The average Bonchev–Trinajstić information content (AvgIpc) is 2.89. The first-order valence-corrected chi connectivity index (χ1v) is 9.02. The van der Waals surface area contributed by atoms with Crippen LogP contribution in [-0.2, 0) is 6.42 Å². The van der Waals surface area contributed by atoms with Crippen LogP contribution in [0.5, 0.6) is 5.75 Å². The van der Waals surface area contributed by atoms with E-state index in [2.05, 4.69) is 23.2 Å². The molecule has 0 unspecified atom stereocenters. The molecule has 1 aromatic carbocycles. The predicted molar refractivity (Wildman–Crippen MR) is 94.5 cm³/mol. The molecule has 0 saturated heterocycles. The molecular formula is C19H27N4O+. The largest absolute Gasteiger partial charge is 0.508 e. The van der Waals surface area contributed by atoms with Crippen LogP contribution in [0.1, 0.15) is 56.1 Å². The molecule has 3 aliphatic rings. The molecule has 0 amide bonds. The molecule has 5 heteroatoms. The van der Waals surface area contributed by atoms with Crippen LogP contribution in [0.4, 0.5) is 0 Å². The van der Waals surface area contributed by atoms with E-state index < -0.39 is 0 Å². The number of hydrazone groups is 1. The smallest absolute Gasteiger partial charge is 0.362 e. The van der Waals surface area contributed by atoms with Gasteiger partial charge in [-0.15, -0.1) is 5.10 Å². The van der Waals surface area contributed by atoms with Gasteiger partial charge in [-0.05, 0) is 79.5 Å². The Hall–Kier alpha value is -2.04. The second-order valence-electron chi connectivity index (χ2n) is 7.92. The minimum Gasteiger partial charge on any atom is -0.508 e. The topological polar surface area (TPSA) is 98.6 Å². The lowest BCUT2D eigenvalue weighted by atomic mass is 9.55. The summed E-state index contributed by atoms with van der Waals surface area (Å²) in [6.45, 7) is 2.38. The van der Waals surface area contributed by atoms with Crippen molar-refractivity contribution in [3.05, 3.63) is 29.3 Å². The number of guanidine groups is 1. The lowest BCUT2D eigenvalue weighted by molar-refractivity contribution is -0.465. The van der Waals surface area contributed by atoms with Gasteiger partial charge in [0, 0.05) is 5.41 Å². The number of aromatic hydroxyl groups is 1. The van der Waals surface area contributed by atoms with Crippen molar-refractivity contribution in [3.8, 4) is 5.75 Å². The summed E-state index contributed by atoms with van der Waals surface area (Å²) in [6.07, 6.45) is 6.88. The highest BCUT2D eigenvalue weighted by Crippen LogP contribution is 2.59. The summed E-state index contributed by atoms with van der Waals surface area (Å²) in [7, 11) is 0. The van der Waals surface area contributed by atoms with Crippen LogP contribution in [0.15, 0.2) is 23.3 Å². The van der Waals surface area contributed by atoms with E-state index in [1.807, 2.05) is 12.1 Å². The van der Waals surface area contributed by atoms with Gasteiger partial charge in [-0.1, -0.05) is 13.0 Å². The molecule has 6 N–H and O–H groups in total. The molecule has 128 valence electrons. The predicted octanol–water partition coefficient (Wildman–Crippen LogP) is 0.958. The van der Waals surface area contributed by atoms with Crippen LogP contribution in [0.3, 0.4) is 0 Å². The van der Waals surface area contributed by atoms with Crippen LogP contribution in [0.2, 0.25) is 0 Å². The number of rotatable bonds is 1. The normalized spacial score (nSPS) is 35.9. The van der Waals surface area contributed by atoms with E-state index in [9.17, 15) is 5.11 Å². The quantitative estimate of drug-likeness (QED) is 0.351. The van der Waals surface area contributed by atoms with Gasteiger partial charge in [-0.3, -0.25) is 11.5 Å². The van der Waals surface area contributed by atoms with Gasteiger partial charge < -0.3 is 5.11 Å². The summed E-state index contributed by atoms with van der Waals surface area (Å²) in [5, 5.41) is 17.1. The Morgan fingerprint density at radius 2 is 2.08 bits per heavy atom. The van der Waals surface area contributed by atoms with Crippen LogP contribution in [0, 0.1) is 17.3 Å². The zero-order valence-corrected chi connectivity index (χ0v) is 14.3. The van der Waals surface area contributed by atoms with E-state index in [1.165, 1.54) is 36.1 Å². The average molecular weight is 327 g/mol. The number of fused-ring (bicyclic) bond motifs is 5. The number of aryl methyl sites for hydroxylation is 1. The SMILES string of the molecule is C[C@@]12CC[C@@H]3c4ccc(O)cc4CC[C@@H]3[C@@H]1CC/C2=N/[NH+]=C(N)N. The second kappa shape index (κ2) is 5.50. The van der Waals surface area contributed by atoms with E-state index in [0.717, 1.165) is 19.3 Å². The summed E-state index contributed by atoms with van der Waals surface area (Å²) in [6, 6.07) is 5.96. The van der Waals surface area contributed by atoms with E-state index in [4.69, 9.17) is 11.5 Å². The van der Waals surface area contributed by atoms with Crippen molar-refractivity contribution in [3.63, 3.8) is 0 Å². The standard InChI is InChI=1S/C19H26N4O/c1-19-9-8-14-13-5-3-12(24)10-11(13)2-4-15(14)16(19)6-7-17(19)22-23-18(20)21/h3,5,10,14-16,24H,2,4,6-9H2,1H3,(H4,20,21,23)/p+1/b22-17-/t14-,15+,16+,19-/m1/s1. The maximum atomic E-state index is 9.77. The van der Waals surface area contributed by atoms with Crippen molar-refractivity contribution in [1.29, 1.82) is 0 Å². The molecule has 4 atom stereocenters. The fourth-order valence-corrected chi connectivity index (χ4v) is 5.67. The molecule has 4 rings (SSSR count). The molecule has 0 radical (unpaired) electrons. The van der Waals surface area contributed by atoms with E-state index >= 15 is 0 Å². The van der Waals surface area contributed by atoms with Crippen molar-refractivity contribution in [2.75, 3.05) is 0 Å². The first kappa shape index (κ1) is 15.5. The molecule has 1 aromatic rings. The number of phenols is 1. The molecule has 2 saturated carbocycles. The van der Waals surface area contributed by atoms with Crippen LogP contribution in [-0.4, -0.2) is 16.8 Å². The Morgan fingerprint density at radius 1 is 1.25 bits per heavy atom. The van der Waals surface area contributed by atoms with E-state index in [1.54, 1.807) is 0 Å². The zero-order chi connectivity index (χ0) is 16.9. The van der Waals surface area contributed by atoms with Crippen LogP contribution >= 0.6 is 0 Å². The van der Waals surface area contributed by atoms with Gasteiger partial charge in [0.1, 0.15) is 5.75 Å². The molecule has 24 heavy (non-hydrogen) atoms. The Morgan fingerprint density at radius 3 is 2.88 bits per heavy atom. The van der Waals surface area contributed by atoms with Crippen LogP contribution < -0.4 is 16.6 Å². The number of phenolic OH excluding ortho intramolecular Hbond substituents is 1. The lowest BCUT2D eigenvalue weighted by Crippen LogP contribution is -2.73. The number of benzene rings is 1. The Bertz CT molecular complexity index is 722. The zero-order valence-electron chi connectivity index (χ0n) is 14.3. The molecule has 2 fully saturated rings. The fraction of sp³-hybridized carbons (Fsp3) is 0.579. The molecular weight excluding hydrogens is 300 g/mol. The highest BCUT2D eigenvalue weighted by atomic mass is 16.3. The maximum Gasteiger partial charge on any atom is 0.362 e. The number of nitrogens with zero attached hydrogens (tertiary/aromatic N) is 1. The monoisotopic (exact) mass is 327 g/mol. The van der Waals surface area contributed by atoms with Gasteiger partial charge in [0.2, 0.25) is 0 Å². The third kappa shape index (κ3) is 2.29. The van der Waals surface area contributed by atoms with E-state index in [0.29, 0.717) is 23.5 Å². The van der Waals surface area contributed by atoms with E-state index in [-0.39, 0.29) is 11.4 Å². The number of hydrogen-bond acceptors (Lipinski definition) is 2. The van der Waals surface area contributed by atoms with Crippen molar-refractivity contribution in [1.82, 2.24) is 0 Å². The Labute approximate surface area is 142 Å². The fourth-order valence-electron chi connectivity index (χ4n) is 5.67. The van der Waals surface area contributed by atoms with Gasteiger partial charge in [0.25, 0.3) is 0 Å². The summed E-state index contributed by atoms with van der Waals surface area (Å²) in [5.41, 5.74) is 15.2. The molecule has 0 bridgehead atoms. The first-order valence-electron chi connectivity index (χ1n) is 9.02. The summed E-state index contributed by atoms with van der Waals surface area (Å²) >= 11 is 0. The summed E-state index contributed by atoms with van der Waals surface area (Å²) in [5.74, 6) is 2.58. The molecule has 0 aliphatic heterocycles. The number of hydrogen-bond donors (Lipinski definition) is 4. The Kier molecular flexibility index (Phi) is 3.55. The summed E-state index contributed by atoms with van der Waals surface area (Å²) < 4.78 is 0. The third-order valence-electron chi connectivity index (χ3n) is 6.77. The van der Waals surface area contributed by atoms with Gasteiger partial charge in [0.15, 0.2) is 0 Å². The highest BCUT2D eigenvalue weighted by molar-refractivity contribution is 5.92. The molecule has 0 heterocycles. The van der Waals surface area contributed by atoms with Crippen molar-refractivity contribution in [2.45, 2.75) is 51.4 Å². The first-order chi connectivity index (χ1) is 11.5. The van der Waals surface area contributed by atoms with Gasteiger partial charge >= 0.3 is 5.96 Å². The van der Waals surface area contributed by atoms with Gasteiger partial charge in [-0.2, -0.15) is 5.10 Å². The molecule has 5 nitrogen and oxygen atoms in total. The molecule has 0 spiro atoms. The van der Waals surface area contributed by atoms with Crippen LogP contribution in [0.25, 0.3) is 0 Å². The van der Waals surface area contributed by atoms with Crippen molar-refractivity contribution >= 4 is 11.7 Å². The van der Waals surface area contributed by atoms with Gasteiger partial charge in [0.05, 0.1) is 5.71 Å². The molecule has 0 aromatic heterocycles. The second-order valence-corrected chi connectivity index (χ2v) is 7.92. The van der Waals surface area contributed by atoms with Crippen molar-refractivity contribution < 1.29 is 10.2 Å². The van der Waals surface area contributed by atoms with Crippen molar-refractivity contribution in [2.24, 2.45) is 33.8 Å². The minimum atomic E-state index is 0.162. The highest BCUT2D eigenvalue weighted by Gasteiger charge is 2.53. The van der Waals surface area contributed by atoms with Gasteiger partial charge in [-0.25, -0.2) is 0 Å². The Balaban J connectivity index is 1.66. The number of nitrogens with two attached hydrogens (primary N) is 2.